The molecule has 0 aromatic heterocycles. The van der Waals surface area contributed by atoms with Gasteiger partial charge in [0.25, 0.3) is 0 Å². The molecule has 0 radical (unpaired) electrons. The molecule has 0 aromatic carbocycles. The summed E-state index contributed by atoms with van der Waals surface area (Å²) in [5, 5.41) is 0. The highest BCUT2D eigenvalue weighted by Crippen LogP contribution is 2.16. The third-order valence-corrected chi connectivity index (χ3v) is 10.6. The number of hydrogen-bond donors (Lipinski definition) is 0. The number of ether oxygens (including phenoxy) is 3. The fourth-order valence-corrected chi connectivity index (χ4v) is 7.03. The van der Waals surface area contributed by atoms with E-state index in [4.69, 9.17) is 14.2 Å². The number of carbonyl (C=O) groups excluding carboxylic acids is 3. The summed E-state index contributed by atoms with van der Waals surface area (Å²) < 4.78 is 16.7. The minimum atomic E-state index is -0.757. The van der Waals surface area contributed by atoms with Crippen LogP contribution in [0.3, 0.4) is 0 Å². The van der Waals surface area contributed by atoms with Crippen LogP contribution in [-0.4, -0.2) is 37.2 Å². The van der Waals surface area contributed by atoms with Crippen molar-refractivity contribution in [2.45, 2.75) is 271 Å². The molecule has 0 aliphatic carbocycles. The number of carbonyl (C=O) groups is 3. The van der Waals surface area contributed by atoms with Crippen LogP contribution in [0.2, 0.25) is 0 Å². The summed E-state index contributed by atoms with van der Waals surface area (Å²) in [4.78, 5) is 37.7. The van der Waals surface area contributed by atoms with Gasteiger partial charge in [0.15, 0.2) is 6.10 Å². The lowest BCUT2D eigenvalue weighted by Crippen LogP contribution is -2.30. The van der Waals surface area contributed by atoms with Gasteiger partial charge in [-0.2, -0.15) is 0 Å². The molecule has 1 atom stereocenters. The van der Waals surface area contributed by atoms with E-state index in [0.29, 0.717) is 19.3 Å². The molecule has 6 heteroatoms. The van der Waals surface area contributed by atoms with Gasteiger partial charge in [0.05, 0.1) is 0 Å². The first-order chi connectivity index (χ1) is 26.0. The summed E-state index contributed by atoms with van der Waals surface area (Å²) in [6.07, 6.45) is 43.7. The molecule has 0 saturated heterocycles. The normalized spacial score (nSPS) is 11.8. The summed E-state index contributed by atoms with van der Waals surface area (Å²) in [6, 6.07) is 0. The SMILES string of the molecule is CCCCCCCCCCCCCCCCCC(=O)OC[C@H](COC(=O)CCCCCCCCCCCC)OC(=O)CCCCCCCCCCCC. The van der Waals surface area contributed by atoms with Crippen molar-refractivity contribution in [3.05, 3.63) is 0 Å². The first kappa shape index (κ1) is 51.4. The highest BCUT2D eigenvalue weighted by atomic mass is 16.6. The number of rotatable bonds is 43. The van der Waals surface area contributed by atoms with Crippen molar-refractivity contribution in [3.63, 3.8) is 0 Å². The largest absolute Gasteiger partial charge is 0.462 e. The molecule has 0 spiro atoms. The zero-order chi connectivity index (χ0) is 38.7. The standard InChI is InChI=1S/C47H90O6/c1-4-7-10-13-16-19-22-23-24-25-26-29-31-34-37-40-46(49)52-43-44(53-47(50)41-38-35-32-28-21-18-15-12-9-6-3)42-51-45(48)39-36-33-30-27-20-17-14-11-8-5-2/h44H,4-43H2,1-3H3/t44-/m0/s1. The summed E-state index contributed by atoms with van der Waals surface area (Å²) >= 11 is 0. The van der Waals surface area contributed by atoms with Crippen LogP contribution in [0.5, 0.6) is 0 Å². The van der Waals surface area contributed by atoms with Gasteiger partial charge in [0.2, 0.25) is 0 Å². The lowest BCUT2D eigenvalue weighted by molar-refractivity contribution is -0.167. The van der Waals surface area contributed by atoms with Gasteiger partial charge < -0.3 is 14.2 Å². The van der Waals surface area contributed by atoms with Gasteiger partial charge in [0.1, 0.15) is 13.2 Å². The molecule has 0 saturated carbocycles. The average Bonchev–Trinajstić information content (AvgIpc) is 3.15. The van der Waals surface area contributed by atoms with E-state index in [0.717, 1.165) is 57.8 Å². The Bertz CT molecular complexity index is 783. The van der Waals surface area contributed by atoms with E-state index in [9.17, 15) is 14.4 Å². The van der Waals surface area contributed by atoms with Crippen molar-refractivity contribution < 1.29 is 28.6 Å². The Kier molecular flexibility index (Phi) is 41.8. The quantitative estimate of drug-likeness (QED) is 0.0351. The van der Waals surface area contributed by atoms with E-state index in [1.54, 1.807) is 0 Å². The van der Waals surface area contributed by atoms with Crippen LogP contribution in [0, 0.1) is 0 Å². The van der Waals surface area contributed by atoms with E-state index in [-0.39, 0.29) is 31.1 Å². The van der Waals surface area contributed by atoms with E-state index < -0.39 is 6.10 Å². The summed E-state index contributed by atoms with van der Waals surface area (Å²) in [6.45, 7) is 6.64. The van der Waals surface area contributed by atoms with Crippen molar-refractivity contribution in [1.82, 2.24) is 0 Å². The summed E-state index contributed by atoms with van der Waals surface area (Å²) in [5.41, 5.74) is 0. The molecule has 0 aliphatic rings. The van der Waals surface area contributed by atoms with Crippen LogP contribution in [0.4, 0.5) is 0 Å². The Morgan fingerprint density at radius 2 is 0.509 bits per heavy atom. The Labute approximate surface area is 329 Å². The van der Waals surface area contributed by atoms with Gasteiger partial charge in [-0.3, -0.25) is 14.4 Å². The topological polar surface area (TPSA) is 78.9 Å². The molecule has 0 heterocycles. The number of hydrogen-bond acceptors (Lipinski definition) is 6. The molecule has 0 N–H and O–H groups in total. The molecule has 0 fully saturated rings. The molecule has 0 rings (SSSR count). The van der Waals surface area contributed by atoms with Crippen LogP contribution in [0.15, 0.2) is 0 Å². The van der Waals surface area contributed by atoms with Crippen molar-refractivity contribution >= 4 is 17.9 Å². The van der Waals surface area contributed by atoms with Gasteiger partial charge in [-0.25, -0.2) is 0 Å². The molecule has 0 bridgehead atoms. The van der Waals surface area contributed by atoms with E-state index >= 15 is 0 Å². The zero-order valence-corrected chi connectivity index (χ0v) is 35.8. The minimum absolute atomic E-state index is 0.0626. The van der Waals surface area contributed by atoms with Gasteiger partial charge in [-0.1, -0.05) is 226 Å². The minimum Gasteiger partial charge on any atom is -0.462 e. The van der Waals surface area contributed by atoms with E-state index in [2.05, 4.69) is 20.8 Å². The molecule has 53 heavy (non-hydrogen) atoms. The fourth-order valence-electron chi connectivity index (χ4n) is 7.03. The highest BCUT2D eigenvalue weighted by Gasteiger charge is 2.19. The molecule has 0 unspecified atom stereocenters. The van der Waals surface area contributed by atoms with E-state index in [1.165, 1.54) is 167 Å². The predicted octanol–water partition coefficient (Wildman–Crippen LogP) is 14.9. The fraction of sp³-hybridized carbons (Fsp3) is 0.936. The lowest BCUT2D eigenvalue weighted by atomic mass is 10.0. The van der Waals surface area contributed by atoms with Gasteiger partial charge in [0, 0.05) is 19.3 Å². The van der Waals surface area contributed by atoms with Gasteiger partial charge >= 0.3 is 17.9 Å². The maximum Gasteiger partial charge on any atom is 0.306 e. The summed E-state index contributed by atoms with van der Waals surface area (Å²) in [5.74, 6) is -0.852. The zero-order valence-electron chi connectivity index (χ0n) is 35.8. The Hall–Kier alpha value is -1.59. The first-order valence-electron chi connectivity index (χ1n) is 23.5. The van der Waals surface area contributed by atoms with Crippen molar-refractivity contribution in [1.29, 1.82) is 0 Å². The number of unbranched alkanes of at least 4 members (excludes halogenated alkanes) is 32. The molecular weight excluding hydrogens is 661 g/mol. The Balaban J connectivity index is 4.27. The van der Waals surface area contributed by atoms with Crippen LogP contribution < -0.4 is 0 Å². The van der Waals surface area contributed by atoms with Gasteiger partial charge in [-0.05, 0) is 19.3 Å². The average molecular weight is 751 g/mol. The summed E-state index contributed by atoms with van der Waals surface area (Å²) in [7, 11) is 0. The molecule has 0 amide bonds. The van der Waals surface area contributed by atoms with Crippen LogP contribution >= 0.6 is 0 Å². The monoisotopic (exact) mass is 751 g/mol. The highest BCUT2D eigenvalue weighted by molar-refractivity contribution is 5.71. The second-order valence-electron chi connectivity index (χ2n) is 16.0. The third-order valence-electron chi connectivity index (χ3n) is 10.6. The lowest BCUT2D eigenvalue weighted by Gasteiger charge is -2.18. The Morgan fingerprint density at radius 3 is 0.755 bits per heavy atom. The van der Waals surface area contributed by atoms with Crippen molar-refractivity contribution in [3.8, 4) is 0 Å². The number of esters is 3. The second kappa shape index (κ2) is 43.1. The predicted molar refractivity (Wildman–Crippen MR) is 224 cm³/mol. The van der Waals surface area contributed by atoms with Crippen LogP contribution in [-0.2, 0) is 28.6 Å². The maximum atomic E-state index is 12.7. The van der Waals surface area contributed by atoms with E-state index in [1.807, 2.05) is 0 Å². The van der Waals surface area contributed by atoms with Crippen molar-refractivity contribution in [2.75, 3.05) is 13.2 Å². The molecule has 314 valence electrons. The van der Waals surface area contributed by atoms with Gasteiger partial charge in [-0.15, -0.1) is 0 Å². The Morgan fingerprint density at radius 1 is 0.302 bits per heavy atom. The molecular formula is C47H90O6. The van der Waals surface area contributed by atoms with Crippen molar-refractivity contribution in [2.24, 2.45) is 0 Å². The third kappa shape index (κ3) is 41.4. The molecule has 6 nitrogen and oxygen atoms in total. The first-order valence-corrected chi connectivity index (χ1v) is 23.5. The smallest absolute Gasteiger partial charge is 0.306 e. The second-order valence-corrected chi connectivity index (χ2v) is 16.0. The van der Waals surface area contributed by atoms with Crippen LogP contribution in [0.25, 0.3) is 0 Å². The molecule has 0 aromatic rings. The maximum absolute atomic E-state index is 12.7. The molecule has 0 aliphatic heterocycles. The van der Waals surface area contributed by atoms with Crippen LogP contribution in [0.1, 0.15) is 265 Å².